The second kappa shape index (κ2) is 4.24. The van der Waals surface area contributed by atoms with E-state index in [4.69, 9.17) is 21.4 Å². The van der Waals surface area contributed by atoms with Crippen molar-refractivity contribution in [2.45, 2.75) is 0 Å². The minimum absolute atomic E-state index is 0.284. The lowest BCUT2D eigenvalue weighted by Crippen LogP contribution is -2.55. The number of nitrogens with zero attached hydrogens (tertiary/aromatic N) is 1. The summed E-state index contributed by atoms with van der Waals surface area (Å²) in [5, 5.41) is 10.1. The van der Waals surface area contributed by atoms with Crippen molar-refractivity contribution in [3.63, 3.8) is 0 Å². The first-order valence-electron chi connectivity index (χ1n) is 4.81. The number of anilines is 1. The fraction of sp³-hybridized carbons (Fsp3) is 0.500. The van der Waals surface area contributed by atoms with Gasteiger partial charge < -0.3 is 14.7 Å². The summed E-state index contributed by atoms with van der Waals surface area (Å²) < 4.78 is 5.72. The van der Waals surface area contributed by atoms with Crippen molar-refractivity contribution >= 4 is 33.9 Å². The molecule has 0 aliphatic carbocycles. The number of hydrogen-bond donors (Lipinski definition) is 1. The number of rotatable bonds is 4. The predicted octanol–water partition coefficient (Wildman–Crippen LogP) is 1.94. The molecule has 6 heteroatoms. The molecule has 0 aromatic carbocycles. The molecule has 1 N–H and O–H groups in total. The third kappa shape index (κ3) is 2.03. The highest BCUT2D eigenvalue weighted by atomic mass is 35.5. The number of ether oxygens (including phenoxy) is 1. The Morgan fingerprint density at radius 1 is 1.69 bits per heavy atom. The molecule has 1 aromatic heterocycles. The van der Waals surface area contributed by atoms with E-state index in [0.29, 0.717) is 10.9 Å². The fourth-order valence-corrected chi connectivity index (χ4v) is 2.67. The topological polar surface area (TPSA) is 49.8 Å². The average molecular weight is 262 g/mol. The van der Waals surface area contributed by atoms with E-state index >= 15 is 0 Å². The zero-order valence-corrected chi connectivity index (χ0v) is 10.3. The van der Waals surface area contributed by atoms with Crippen LogP contribution in [0.4, 0.5) is 5.00 Å². The number of hydrogen-bond acceptors (Lipinski definition) is 4. The van der Waals surface area contributed by atoms with Crippen molar-refractivity contribution in [2.75, 3.05) is 31.7 Å². The Balaban J connectivity index is 2.06. The summed E-state index contributed by atoms with van der Waals surface area (Å²) in [5.41, 5.74) is -0.759. The number of thiophene rings is 1. The van der Waals surface area contributed by atoms with Gasteiger partial charge in [0.2, 0.25) is 0 Å². The standard InChI is InChI=1S/C10H12ClNO3S/c1-12(8-3-2-7(11)16-8)4-10(9(13)14)5-15-6-10/h2-3H,4-6H2,1H3,(H,13,14). The smallest absolute Gasteiger partial charge is 0.316 e. The van der Waals surface area contributed by atoms with Crippen molar-refractivity contribution in [3.8, 4) is 0 Å². The molecule has 0 saturated carbocycles. The molecule has 1 aromatic rings. The summed E-state index contributed by atoms with van der Waals surface area (Å²) in [5.74, 6) is -0.798. The van der Waals surface area contributed by atoms with Crippen LogP contribution in [0.15, 0.2) is 12.1 Å². The molecule has 1 aliphatic rings. The van der Waals surface area contributed by atoms with E-state index in [1.165, 1.54) is 11.3 Å². The van der Waals surface area contributed by atoms with Gasteiger partial charge in [-0.25, -0.2) is 0 Å². The summed E-state index contributed by atoms with van der Waals surface area (Å²) in [4.78, 5) is 13.1. The van der Waals surface area contributed by atoms with Gasteiger partial charge in [-0.1, -0.05) is 11.6 Å². The van der Waals surface area contributed by atoms with E-state index in [1.54, 1.807) is 0 Å². The van der Waals surface area contributed by atoms with Gasteiger partial charge in [0.25, 0.3) is 0 Å². The Morgan fingerprint density at radius 2 is 2.38 bits per heavy atom. The summed E-state index contributed by atoms with van der Waals surface area (Å²) in [6.07, 6.45) is 0. The first kappa shape index (κ1) is 11.7. The van der Waals surface area contributed by atoms with E-state index in [9.17, 15) is 4.79 Å². The van der Waals surface area contributed by atoms with Crippen LogP contribution in [-0.4, -0.2) is 37.9 Å². The van der Waals surface area contributed by atoms with E-state index in [2.05, 4.69) is 0 Å². The monoisotopic (exact) mass is 261 g/mol. The second-order valence-corrected chi connectivity index (χ2v) is 5.71. The van der Waals surface area contributed by atoms with Gasteiger partial charge >= 0.3 is 5.97 Å². The van der Waals surface area contributed by atoms with Crippen LogP contribution >= 0.6 is 22.9 Å². The molecule has 1 aliphatic heterocycles. The highest BCUT2D eigenvalue weighted by molar-refractivity contribution is 7.19. The second-order valence-electron chi connectivity index (χ2n) is 4.01. The fourth-order valence-electron chi connectivity index (χ4n) is 1.67. The van der Waals surface area contributed by atoms with Crippen molar-refractivity contribution in [2.24, 2.45) is 5.41 Å². The largest absolute Gasteiger partial charge is 0.481 e. The quantitative estimate of drug-likeness (QED) is 0.900. The Hall–Kier alpha value is -0.780. The van der Waals surface area contributed by atoms with E-state index in [0.717, 1.165) is 5.00 Å². The first-order valence-corrected chi connectivity index (χ1v) is 6.01. The Bertz CT molecular complexity index is 403. The SMILES string of the molecule is CN(CC1(C(=O)O)COC1)c1ccc(Cl)s1. The van der Waals surface area contributed by atoms with Crippen molar-refractivity contribution < 1.29 is 14.6 Å². The molecule has 0 bridgehead atoms. The molecule has 0 spiro atoms. The van der Waals surface area contributed by atoms with Crippen LogP contribution in [0.25, 0.3) is 0 Å². The van der Waals surface area contributed by atoms with Crippen LogP contribution in [0.5, 0.6) is 0 Å². The normalized spacial score (nSPS) is 17.9. The van der Waals surface area contributed by atoms with Crippen LogP contribution in [0.3, 0.4) is 0 Å². The lowest BCUT2D eigenvalue weighted by molar-refractivity contribution is -0.177. The molecular weight excluding hydrogens is 250 g/mol. The molecule has 16 heavy (non-hydrogen) atoms. The molecule has 2 rings (SSSR count). The van der Waals surface area contributed by atoms with Gasteiger partial charge in [-0.15, -0.1) is 11.3 Å². The first-order chi connectivity index (χ1) is 7.53. The minimum Gasteiger partial charge on any atom is -0.481 e. The van der Waals surface area contributed by atoms with Crippen molar-refractivity contribution in [1.29, 1.82) is 0 Å². The highest BCUT2D eigenvalue weighted by Gasteiger charge is 2.47. The predicted molar refractivity (Wildman–Crippen MR) is 63.5 cm³/mol. The van der Waals surface area contributed by atoms with E-state index in [1.807, 2.05) is 24.1 Å². The van der Waals surface area contributed by atoms with Crippen LogP contribution in [0.1, 0.15) is 0 Å². The number of carbonyl (C=O) groups is 1. The van der Waals surface area contributed by atoms with Crippen LogP contribution in [0.2, 0.25) is 4.34 Å². The number of carboxylic acid groups (broad SMARTS) is 1. The summed E-state index contributed by atoms with van der Waals surface area (Å²) in [6, 6.07) is 3.70. The minimum atomic E-state index is -0.798. The lowest BCUT2D eigenvalue weighted by Gasteiger charge is -2.40. The molecular formula is C10H12ClNO3S. The molecule has 0 atom stereocenters. The Morgan fingerprint density at radius 3 is 2.75 bits per heavy atom. The Labute approximate surface area is 102 Å². The Kier molecular flexibility index (Phi) is 3.10. The highest BCUT2D eigenvalue weighted by Crippen LogP contribution is 2.34. The van der Waals surface area contributed by atoms with Gasteiger partial charge in [0.1, 0.15) is 5.41 Å². The molecule has 1 fully saturated rings. The maximum atomic E-state index is 11.1. The van der Waals surface area contributed by atoms with Gasteiger partial charge in [-0.2, -0.15) is 0 Å². The maximum absolute atomic E-state index is 11.1. The zero-order valence-electron chi connectivity index (χ0n) is 8.77. The lowest BCUT2D eigenvalue weighted by atomic mass is 9.85. The molecule has 2 heterocycles. The molecule has 88 valence electrons. The number of halogens is 1. The summed E-state index contributed by atoms with van der Waals surface area (Å²) in [7, 11) is 1.87. The van der Waals surface area contributed by atoms with Gasteiger partial charge in [0.05, 0.1) is 22.6 Å². The number of carboxylic acids is 1. The molecule has 0 radical (unpaired) electrons. The zero-order chi connectivity index (χ0) is 11.8. The van der Waals surface area contributed by atoms with E-state index < -0.39 is 11.4 Å². The summed E-state index contributed by atoms with van der Waals surface area (Å²) >= 11 is 7.28. The van der Waals surface area contributed by atoms with Gasteiger partial charge in [0, 0.05) is 13.6 Å². The van der Waals surface area contributed by atoms with Crippen molar-refractivity contribution in [3.05, 3.63) is 16.5 Å². The van der Waals surface area contributed by atoms with Crippen LogP contribution < -0.4 is 4.90 Å². The van der Waals surface area contributed by atoms with Gasteiger partial charge in [-0.05, 0) is 12.1 Å². The maximum Gasteiger partial charge on any atom is 0.316 e. The van der Waals surface area contributed by atoms with Gasteiger partial charge in [0.15, 0.2) is 0 Å². The van der Waals surface area contributed by atoms with E-state index in [-0.39, 0.29) is 13.2 Å². The summed E-state index contributed by atoms with van der Waals surface area (Å²) in [6.45, 7) is 1.01. The van der Waals surface area contributed by atoms with Gasteiger partial charge in [-0.3, -0.25) is 4.79 Å². The molecule has 1 saturated heterocycles. The molecule has 0 unspecified atom stereocenters. The number of aliphatic carboxylic acids is 1. The van der Waals surface area contributed by atoms with Crippen LogP contribution in [-0.2, 0) is 9.53 Å². The molecule has 4 nitrogen and oxygen atoms in total. The van der Waals surface area contributed by atoms with Crippen molar-refractivity contribution in [1.82, 2.24) is 0 Å². The third-order valence-corrected chi connectivity index (χ3v) is 4.03. The third-order valence-electron chi connectivity index (χ3n) is 2.69. The average Bonchev–Trinajstić information content (AvgIpc) is 2.57. The molecule has 0 amide bonds. The van der Waals surface area contributed by atoms with Crippen LogP contribution in [0, 0.1) is 5.41 Å².